The van der Waals surface area contributed by atoms with E-state index in [4.69, 9.17) is 8.83 Å². The van der Waals surface area contributed by atoms with Crippen LogP contribution in [0.2, 0.25) is 0 Å². The highest BCUT2D eigenvalue weighted by molar-refractivity contribution is 6.27. The van der Waals surface area contributed by atoms with Crippen molar-refractivity contribution < 1.29 is 8.83 Å². The average molecular weight is 702 g/mol. The molecule has 0 bridgehead atoms. The maximum absolute atomic E-state index is 6.83. The highest BCUT2D eigenvalue weighted by Gasteiger charge is 2.23. The number of anilines is 3. The van der Waals surface area contributed by atoms with E-state index in [9.17, 15) is 0 Å². The molecular weight excluding hydrogens is 671 g/mol. The number of rotatable bonds is 4. The fourth-order valence-electron chi connectivity index (χ4n) is 9.06. The van der Waals surface area contributed by atoms with Crippen molar-refractivity contribution in [1.82, 2.24) is 0 Å². The van der Waals surface area contributed by atoms with Crippen LogP contribution in [-0.2, 0) is 0 Å². The molecule has 0 aliphatic rings. The van der Waals surface area contributed by atoms with E-state index in [2.05, 4.69) is 193 Å². The fourth-order valence-corrected chi connectivity index (χ4v) is 9.06. The van der Waals surface area contributed by atoms with Gasteiger partial charge in [0.25, 0.3) is 0 Å². The van der Waals surface area contributed by atoms with E-state index in [0.717, 1.165) is 88.0 Å². The summed E-state index contributed by atoms with van der Waals surface area (Å²) >= 11 is 0. The summed E-state index contributed by atoms with van der Waals surface area (Å²) in [7, 11) is 0. The van der Waals surface area contributed by atoms with E-state index in [-0.39, 0.29) is 0 Å². The molecule has 0 unspecified atom stereocenters. The Morgan fingerprint density at radius 1 is 0.291 bits per heavy atom. The van der Waals surface area contributed by atoms with Gasteiger partial charge in [0.05, 0.1) is 11.4 Å². The van der Waals surface area contributed by atoms with Gasteiger partial charge in [0, 0.05) is 38.0 Å². The highest BCUT2D eigenvalue weighted by atomic mass is 16.3. The average Bonchev–Trinajstić information content (AvgIpc) is 3.48. The number of nitrogens with zero attached hydrogens (tertiary/aromatic N) is 1. The largest absolute Gasteiger partial charge is 0.456 e. The van der Waals surface area contributed by atoms with Crippen molar-refractivity contribution in [2.24, 2.45) is 0 Å². The smallest absolute Gasteiger partial charge is 0.136 e. The van der Waals surface area contributed by atoms with Gasteiger partial charge < -0.3 is 13.7 Å². The molecule has 0 N–H and O–H groups in total. The number of hydrogen-bond acceptors (Lipinski definition) is 3. The summed E-state index contributed by atoms with van der Waals surface area (Å²) in [6.45, 7) is 0. The molecule has 55 heavy (non-hydrogen) atoms. The fraction of sp³-hybridized carbons (Fsp3) is 0. The molecular formula is C52H31NO2. The van der Waals surface area contributed by atoms with Crippen LogP contribution >= 0.6 is 0 Å². The predicted octanol–water partition coefficient (Wildman–Crippen LogP) is 15.2. The monoisotopic (exact) mass is 701 g/mol. The molecule has 2 aromatic heterocycles. The molecule has 0 radical (unpaired) electrons. The molecule has 0 amide bonds. The van der Waals surface area contributed by atoms with Crippen LogP contribution in [0.1, 0.15) is 0 Å². The second-order valence-electron chi connectivity index (χ2n) is 14.4. The lowest BCUT2D eigenvalue weighted by molar-refractivity contribution is 0.664. The zero-order valence-corrected chi connectivity index (χ0v) is 29.7. The van der Waals surface area contributed by atoms with Gasteiger partial charge in [-0.05, 0) is 92.0 Å². The van der Waals surface area contributed by atoms with Crippen molar-refractivity contribution in [1.29, 1.82) is 0 Å². The van der Waals surface area contributed by atoms with E-state index in [1.165, 1.54) is 27.1 Å². The number of hydrogen-bond donors (Lipinski definition) is 0. The molecule has 0 saturated heterocycles. The third kappa shape index (κ3) is 4.44. The summed E-state index contributed by atoms with van der Waals surface area (Å²) in [5.41, 5.74) is 8.96. The molecule has 0 atom stereocenters. The first-order valence-corrected chi connectivity index (χ1v) is 18.8. The van der Waals surface area contributed by atoms with E-state index < -0.39 is 0 Å². The van der Waals surface area contributed by atoms with Crippen molar-refractivity contribution in [2.75, 3.05) is 4.90 Å². The predicted molar refractivity (Wildman–Crippen MR) is 231 cm³/mol. The molecule has 12 rings (SSSR count). The van der Waals surface area contributed by atoms with Crippen molar-refractivity contribution in [2.45, 2.75) is 0 Å². The lowest BCUT2D eigenvalue weighted by atomic mass is 9.96. The van der Waals surface area contributed by atoms with Crippen LogP contribution in [0.4, 0.5) is 17.1 Å². The number of fused-ring (bicyclic) bond motifs is 2. The summed E-state index contributed by atoms with van der Waals surface area (Å²) in [6, 6.07) is 67.3. The van der Waals surface area contributed by atoms with E-state index >= 15 is 0 Å². The van der Waals surface area contributed by atoms with Gasteiger partial charge in [-0.2, -0.15) is 0 Å². The Balaban J connectivity index is 1.22. The minimum absolute atomic E-state index is 0.851. The molecule has 0 spiro atoms. The van der Waals surface area contributed by atoms with Crippen LogP contribution in [-0.4, -0.2) is 0 Å². The van der Waals surface area contributed by atoms with Gasteiger partial charge in [-0.1, -0.05) is 140 Å². The summed E-state index contributed by atoms with van der Waals surface area (Å²) in [5, 5.41) is 13.7. The molecule has 256 valence electrons. The Morgan fingerprint density at radius 2 is 0.709 bits per heavy atom. The number of benzene rings is 10. The molecule has 12 aromatic rings. The second-order valence-corrected chi connectivity index (χ2v) is 14.4. The summed E-state index contributed by atoms with van der Waals surface area (Å²) < 4.78 is 13.7. The van der Waals surface area contributed by atoms with E-state index in [1.807, 2.05) is 0 Å². The van der Waals surface area contributed by atoms with Crippen LogP contribution < -0.4 is 4.90 Å². The van der Waals surface area contributed by atoms with E-state index in [1.54, 1.807) is 0 Å². The molecule has 0 aliphatic heterocycles. The van der Waals surface area contributed by atoms with Gasteiger partial charge in [-0.25, -0.2) is 0 Å². The molecule has 0 aliphatic carbocycles. The van der Waals surface area contributed by atoms with Crippen LogP contribution in [0.3, 0.4) is 0 Å². The van der Waals surface area contributed by atoms with Crippen LogP contribution in [0, 0.1) is 0 Å². The first kappa shape index (κ1) is 30.1. The molecule has 2 heterocycles. The van der Waals surface area contributed by atoms with Gasteiger partial charge in [0.2, 0.25) is 0 Å². The van der Waals surface area contributed by atoms with Gasteiger partial charge in [-0.15, -0.1) is 0 Å². The lowest BCUT2D eigenvalue weighted by Gasteiger charge is -2.29. The standard InChI is InChI=1S/C52H31NO2/c1-2-11-32(12-3-1)35-17-4-18-36(31-35)53(43-27-29-47-51-39(21-9-23-41(43)51)37-19-5-13-33-15-7-25-45(54-47)49(33)37)44-28-30-48-52-40(22-10-24-42(44)52)38-20-6-14-34-16-8-26-46(55-48)50(34)38/h1-31H. The van der Waals surface area contributed by atoms with E-state index in [0.29, 0.717) is 0 Å². The lowest BCUT2D eigenvalue weighted by Crippen LogP contribution is -2.11. The minimum Gasteiger partial charge on any atom is -0.456 e. The zero-order chi connectivity index (χ0) is 36.0. The van der Waals surface area contributed by atoms with Crippen molar-refractivity contribution in [3.63, 3.8) is 0 Å². The Morgan fingerprint density at radius 3 is 1.25 bits per heavy atom. The van der Waals surface area contributed by atoms with Gasteiger partial charge in [0.15, 0.2) is 0 Å². The maximum atomic E-state index is 6.83. The Hall–Kier alpha value is -7.36. The summed E-state index contributed by atoms with van der Waals surface area (Å²) in [5.74, 6) is 0. The SMILES string of the molecule is c1ccc(-c2cccc(N(c3ccc4oc5cccc6cccc(c7cccc3c47)c65)c3ccc4oc5cccc6cccc(c7cccc3c47)c65)c2)cc1. The molecule has 10 aromatic carbocycles. The Kier molecular flexibility index (Phi) is 6.34. The first-order chi connectivity index (χ1) is 27.3. The van der Waals surface area contributed by atoms with Crippen LogP contribution in [0.25, 0.3) is 98.1 Å². The van der Waals surface area contributed by atoms with Crippen molar-refractivity contribution >= 4 is 104 Å². The van der Waals surface area contributed by atoms with Crippen LogP contribution in [0.5, 0.6) is 0 Å². The Labute approximate surface area is 315 Å². The normalized spacial score (nSPS) is 12.0. The topological polar surface area (TPSA) is 29.5 Å². The second kappa shape index (κ2) is 11.6. The first-order valence-electron chi connectivity index (χ1n) is 18.8. The molecule has 3 heteroatoms. The van der Waals surface area contributed by atoms with Gasteiger partial charge in [0.1, 0.15) is 22.3 Å². The minimum atomic E-state index is 0.851. The third-order valence-electron chi connectivity index (χ3n) is 11.4. The van der Waals surface area contributed by atoms with Crippen LogP contribution in [0.15, 0.2) is 197 Å². The van der Waals surface area contributed by atoms with Crippen molar-refractivity contribution in [3.05, 3.63) is 188 Å². The molecule has 3 nitrogen and oxygen atoms in total. The third-order valence-corrected chi connectivity index (χ3v) is 11.4. The zero-order valence-electron chi connectivity index (χ0n) is 29.7. The summed E-state index contributed by atoms with van der Waals surface area (Å²) in [6.07, 6.45) is 0. The maximum Gasteiger partial charge on any atom is 0.136 e. The van der Waals surface area contributed by atoms with Gasteiger partial charge >= 0.3 is 0 Å². The van der Waals surface area contributed by atoms with Crippen molar-refractivity contribution in [3.8, 4) is 11.1 Å². The summed E-state index contributed by atoms with van der Waals surface area (Å²) in [4.78, 5) is 2.43. The van der Waals surface area contributed by atoms with Gasteiger partial charge in [-0.3, -0.25) is 0 Å². The molecule has 0 saturated carbocycles. The molecule has 0 fully saturated rings. The quantitative estimate of drug-likeness (QED) is 0.183. The Bertz CT molecular complexity index is 3300. The highest BCUT2D eigenvalue weighted by Crippen LogP contribution is 2.48.